The van der Waals surface area contributed by atoms with Gasteiger partial charge in [-0.3, -0.25) is 24.3 Å². The van der Waals surface area contributed by atoms with E-state index in [2.05, 4.69) is 0 Å². The lowest BCUT2D eigenvalue weighted by Gasteiger charge is -2.34. The Bertz CT molecular complexity index is 1130. The molecule has 0 unspecified atom stereocenters. The van der Waals surface area contributed by atoms with Crippen molar-refractivity contribution in [3.05, 3.63) is 77.6 Å². The van der Waals surface area contributed by atoms with Crippen LogP contribution in [0, 0.1) is 6.92 Å². The van der Waals surface area contributed by atoms with Crippen molar-refractivity contribution in [2.75, 3.05) is 21.4 Å². The molecule has 0 bridgehead atoms. The third-order valence-electron chi connectivity index (χ3n) is 5.92. The highest BCUT2D eigenvalue weighted by molar-refractivity contribution is 6.09. The number of carbonyl (C=O) groups excluding carboxylic acids is 3. The quantitative estimate of drug-likeness (QED) is 0.502. The molecule has 2 aromatic carbocycles. The molecule has 0 fully saturated rings. The second-order valence-corrected chi connectivity index (χ2v) is 8.45. The van der Waals surface area contributed by atoms with Crippen molar-refractivity contribution in [1.82, 2.24) is 0 Å². The fraction of sp³-hybridized carbons (Fsp3) is 0.296. The molecule has 0 radical (unpaired) electrons. The van der Waals surface area contributed by atoms with Gasteiger partial charge in [0.05, 0.1) is 5.69 Å². The predicted octanol–water partition coefficient (Wildman–Crippen LogP) is 4.62. The molecule has 0 aromatic heterocycles. The third-order valence-corrected chi connectivity index (χ3v) is 5.92. The molecular weight excluding hydrogens is 428 g/mol. The van der Waals surface area contributed by atoms with Crippen molar-refractivity contribution in [3.8, 4) is 0 Å². The van der Waals surface area contributed by atoms with Gasteiger partial charge in [0.1, 0.15) is 11.5 Å². The van der Waals surface area contributed by atoms with Crippen LogP contribution in [0.25, 0.3) is 0 Å². The molecule has 0 saturated carbocycles. The fourth-order valence-electron chi connectivity index (χ4n) is 4.19. The summed E-state index contributed by atoms with van der Waals surface area (Å²) in [5.74, 6) is 6.21. The van der Waals surface area contributed by atoms with Gasteiger partial charge in [0.15, 0.2) is 0 Å². The number of hydrazine groups is 1. The molecule has 2 N–H and O–H groups in total. The Morgan fingerprint density at radius 1 is 1.00 bits per heavy atom. The van der Waals surface area contributed by atoms with Crippen LogP contribution < -0.4 is 20.7 Å². The number of allylic oxidation sites excluding steroid dienone is 1. The first-order valence-electron chi connectivity index (χ1n) is 11.1. The van der Waals surface area contributed by atoms with E-state index in [9.17, 15) is 14.4 Å². The summed E-state index contributed by atoms with van der Waals surface area (Å²) >= 11 is 0. The number of amides is 2. The van der Waals surface area contributed by atoms with E-state index < -0.39 is 0 Å². The predicted molar refractivity (Wildman–Crippen MR) is 136 cm³/mol. The zero-order valence-electron chi connectivity index (χ0n) is 19.0. The van der Waals surface area contributed by atoms with Crippen molar-refractivity contribution in [1.29, 1.82) is 0 Å². The van der Waals surface area contributed by atoms with Crippen LogP contribution >= 0.6 is 0 Å². The molecule has 7 nitrogen and oxygen atoms in total. The maximum absolute atomic E-state index is 13.6. The average Bonchev–Trinajstić information content (AvgIpc) is 2.80. The monoisotopic (exact) mass is 460 g/mol. The van der Waals surface area contributed by atoms with Crippen LogP contribution in [0.2, 0.25) is 0 Å². The van der Waals surface area contributed by atoms with Gasteiger partial charge in [-0.25, -0.2) is 5.84 Å². The van der Waals surface area contributed by atoms with Crippen LogP contribution in [0.1, 0.15) is 45.6 Å². The van der Waals surface area contributed by atoms with Crippen LogP contribution in [-0.2, 0) is 14.4 Å². The second kappa shape index (κ2) is 10.5. The summed E-state index contributed by atoms with van der Waals surface area (Å²) in [6, 6.07) is 14.9. The lowest BCUT2D eigenvalue weighted by atomic mass is 9.98. The first-order chi connectivity index (χ1) is 15.8. The summed E-state index contributed by atoms with van der Waals surface area (Å²) in [6.45, 7) is 3.95. The number of ketones is 1. The average molecular weight is 461 g/mol. The Balaban J connectivity index is 0.00000324. The van der Waals surface area contributed by atoms with Crippen LogP contribution in [0.4, 0.5) is 17.1 Å². The summed E-state index contributed by atoms with van der Waals surface area (Å²) in [7, 11) is 0. The Labute approximate surface area is 201 Å². The molecule has 0 aliphatic carbocycles. The molecule has 2 aliphatic rings. The molecule has 7 heteroatoms. The summed E-state index contributed by atoms with van der Waals surface area (Å²) in [5, 5.41) is 1.39. The highest BCUT2D eigenvalue weighted by atomic mass is 16.2. The van der Waals surface area contributed by atoms with E-state index in [-0.39, 0.29) is 31.4 Å². The molecule has 0 spiro atoms. The van der Waals surface area contributed by atoms with Gasteiger partial charge >= 0.3 is 0 Å². The van der Waals surface area contributed by atoms with Gasteiger partial charge in [0.2, 0.25) is 5.91 Å². The lowest BCUT2D eigenvalue weighted by Crippen LogP contribution is -2.46. The number of benzene rings is 2. The highest BCUT2D eigenvalue weighted by Crippen LogP contribution is 2.31. The van der Waals surface area contributed by atoms with Gasteiger partial charge in [-0.15, -0.1) is 0 Å². The van der Waals surface area contributed by atoms with E-state index in [1.165, 1.54) is 11.9 Å². The molecule has 0 atom stereocenters. The zero-order chi connectivity index (χ0) is 23.5. The number of nitrogens with zero attached hydrogens (tertiary/aromatic N) is 3. The van der Waals surface area contributed by atoms with Crippen molar-refractivity contribution in [2.45, 2.75) is 47.0 Å². The fourth-order valence-corrected chi connectivity index (χ4v) is 4.19. The first kappa shape index (κ1) is 24.9. The number of carbonyl (C=O) groups is 3. The molecule has 4 rings (SSSR count). The van der Waals surface area contributed by atoms with Crippen molar-refractivity contribution < 1.29 is 14.4 Å². The van der Waals surface area contributed by atoms with Gasteiger partial charge < -0.3 is 4.90 Å². The second-order valence-electron chi connectivity index (χ2n) is 8.45. The molecular formula is C27H32N4O3. The van der Waals surface area contributed by atoms with Gasteiger partial charge in [0.25, 0.3) is 5.91 Å². The van der Waals surface area contributed by atoms with Crippen molar-refractivity contribution in [2.24, 2.45) is 5.84 Å². The van der Waals surface area contributed by atoms with E-state index >= 15 is 0 Å². The van der Waals surface area contributed by atoms with Crippen LogP contribution in [0.5, 0.6) is 0 Å². The maximum Gasteiger partial charge on any atom is 0.276 e. The number of rotatable bonds is 6. The Morgan fingerprint density at radius 3 is 2.26 bits per heavy atom. The van der Waals surface area contributed by atoms with Crippen LogP contribution in [0.3, 0.4) is 0 Å². The van der Waals surface area contributed by atoms with Gasteiger partial charge in [-0.05, 0) is 68.7 Å². The highest BCUT2D eigenvalue weighted by Gasteiger charge is 2.32. The van der Waals surface area contributed by atoms with E-state index in [1.54, 1.807) is 16.0 Å². The minimum Gasteiger partial charge on any atom is -0.307 e. The minimum absolute atomic E-state index is 0. The zero-order valence-corrected chi connectivity index (χ0v) is 19.0. The Kier molecular flexibility index (Phi) is 7.68. The molecule has 178 valence electrons. The topological polar surface area (TPSA) is 86.9 Å². The number of hydrogen-bond acceptors (Lipinski definition) is 5. The van der Waals surface area contributed by atoms with Crippen molar-refractivity contribution >= 4 is 34.7 Å². The van der Waals surface area contributed by atoms with E-state index in [1.807, 2.05) is 61.5 Å². The Morgan fingerprint density at radius 2 is 1.65 bits per heavy atom. The van der Waals surface area contributed by atoms with Crippen molar-refractivity contribution in [3.63, 3.8) is 0 Å². The maximum atomic E-state index is 13.6. The standard InChI is InChI=1S/C26H28N4O3.CH4/c1-18-6-8-23(9-7-18)30(27)25-20(17-19(2)31)14-16-29(26(25)33)22-12-10-21(11-13-22)28-15-4-3-5-24(28)32;/h4,6-13,15H,3,5,14,16-17,27H2,1-2H3;1H4. The minimum atomic E-state index is -0.248. The van der Waals surface area contributed by atoms with Crippen LogP contribution in [0.15, 0.2) is 72.1 Å². The summed E-state index contributed by atoms with van der Waals surface area (Å²) in [4.78, 5) is 41.0. The van der Waals surface area contributed by atoms with Gasteiger partial charge in [0, 0.05) is 37.0 Å². The summed E-state index contributed by atoms with van der Waals surface area (Å²) in [6.07, 6.45) is 5.74. The first-order valence-corrected chi connectivity index (χ1v) is 11.1. The van der Waals surface area contributed by atoms with E-state index in [4.69, 9.17) is 5.84 Å². The van der Waals surface area contributed by atoms with Gasteiger partial charge in [-0.2, -0.15) is 0 Å². The van der Waals surface area contributed by atoms with E-state index in [0.29, 0.717) is 36.5 Å². The number of Topliss-reactive ketones (excluding diaryl/α,β-unsaturated/α-hetero) is 1. The molecule has 0 saturated heterocycles. The number of hydrogen-bond donors (Lipinski definition) is 1. The third kappa shape index (κ3) is 5.10. The number of nitrogens with two attached hydrogens (primary N) is 1. The summed E-state index contributed by atoms with van der Waals surface area (Å²) in [5.41, 5.74) is 4.32. The molecule has 2 heterocycles. The normalized spacial score (nSPS) is 16.0. The molecule has 2 amide bonds. The van der Waals surface area contributed by atoms with Crippen LogP contribution in [-0.4, -0.2) is 24.1 Å². The Hall–Kier alpha value is -3.71. The smallest absolute Gasteiger partial charge is 0.276 e. The number of anilines is 3. The molecule has 34 heavy (non-hydrogen) atoms. The van der Waals surface area contributed by atoms with E-state index in [0.717, 1.165) is 23.2 Å². The SMILES string of the molecule is C.CC(=O)CC1=C(N(N)c2ccc(C)cc2)C(=O)N(c2ccc(N3C=CCCC3=O)cc2)CC1. The molecule has 2 aromatic rings. The summed E-state index contributed by atoms with van der Waals surface area (Å²) < 4.78 is 0. The molecule has 2 aliphatic heterocycles. The largest absolute Gasteiger partial charge is 0.307 e. The number of aryl methyl sites for hydroxylation is 1. The van der Waals surface area contributed by atoms with Gasteiger partial charge in [-0.1, -0.05) is 31.2 Å². The lowest BCUT2D eigenvalue weighted by molar-refractivity contribution is -0.118.